The number of nitrogens with two attached hydrogens (primary N) is 2. The molecule has 3 atom stereocenters. The second-order valence-corrected chi connectivity index (χ2v) is 11.4. The van der Waals surface area contributed by atoms with Gasteiger partial charge < -0.3 is 42.9 Å². The number of alkyl halides is 3. The zero-order chi connectivity index (χ0) is 35.5. The van der Waals surface area contributed by atoms with Crippen LogP contribution in [0.15, 0.2) is 0 Å². The van der Waals surface area contributed by atoms with Gasteiger partial charge in [0.2, 0.25) is 11.8 Å². The highest BCUT2D eigenvalue weighted by Crippen LogP contribution is 2.13. The van der Waals surface area contributed by atoms with E-state index in [-0.39, 0.29) is 31.8 Å². The number of rotatable bonds is 24. The first-order valence-electron chi connectivity index (χ1n) is 16.2. The molecule has 10 N–H and O–H groups in total. The molecule has 0 aromatic rings. The van der Waals surface area contributed by atoms with Crippen molar-refractivity contribution in [2.24, 2.45) is 17.4 Å². The van der Waals surface area contributed by atoms with E-state index in [2.05, 4.69) is 28.2 Å². The number of carboxylic acid groups (broad SMARTS) is 2. The Hall–Kier alpha value is -3.14. The summed E-state index contributed by atoms with van der Waals surface area (Å²) in [5.41, 5.74) is 11.1. The maximum Gasteiger partial charge on any atom is 0.490 e. The Balaban J connectivity index is 0. The molecule has 13 nitrogen and oxygen atoms in total. The van der Waals surface area contributed by atoms with Gasteiger partial charge in [0.25, 0.3) is 0 Å². The molecule has 0 aliphatic carbocycles. The molecule has 0 aromatic carbocycles. The van der Waals surface area contributed by atoms with Crippen molar-refractivity contribution < 1.29 is 47.4 Å². The highest BCUT2D eigenvalue weighted by Gasteiger charge is 2.38. The number of unbranched alkanes of at least 4 members (excludes halogenated alkanes) is 11. The lowest BCUT2D eigenvalue weighted by Crippen LogP contribution is -2.58. The van der Waals surface area contributed by atoms with E-state index in [1.807, 2.05) is 0 Å². The summed E-state index contributed by atoms with van der Waals surface area (Å²) in [6, 6.07) is -3.52. The molecule has 0 saturated heterocycles. The lowest BCUT2D eigenvalue weighted by atomic mass is 10.0. The Morgan fingerprint density at radius 3 is 1.50 bits per heavy atom. The van der Waals surface area contributed by atoms with Gasteiger partial charge in [-0.3, -0.25) is 9.59 Å². The second-order valence-electron chi connectivity index (χ2n) is 11.4. The van der Waals surface area contributed by atoms with Crippen LogP contribution in [-0.2, 0) is 19.2 Å². The predicted octanol–water partition coefficient (Wildman–Crippen LogP) is 3.40. The highest BCUT2D eigenvalue weighted by atomic mass is 19.4. The maximum atomic E-state index is 12.9. The number of carbonyl (C=O) groups is 5. The molecule has 0 spiro atoms. The molecule has 0 aliphatic heterocycles. The van der Waals surface area contributed by atoms with Crippen molar-refractivity contribution in [3.05, 3.63) is 0 Å². The van der Waals surface area contributed by atoms with Crippen molar-refractivity contribution in [1.29, 1.82) is 0 Å². The molecule has 0 fully saturated rings. The zero-order valence-electron chi connectivity index (χ0n) is 27.6. The Labute approximate surface area is 270 Å². The van der Waals surface area contributed by atoms with Crippen LogP contribution in [0.2, 0.25) is 0 Å². The molecular formula is C30H57F3N6O7. The van der Waals surface area contributed by atoms with Gasteiger partial charge in [-0.05, 0) is 38.3 Å². The van der Waals surface area contributed by atoms with Crippen LogP contribution in [0, 0.1) is 5.92 Å². The molecule has 270 valence electrons. The van der Waals surface area contributed by atoms with Gasteiger partial charge in [0.1, 0.15) is 18.1 Å². The second kappa shape index (κ2) is 27.0. The van der Waals surface area contributed by atoms with Crippen LogP contribution in [0.3, 0.4) is 0 Å². The van der Waals surface area contributed by atoms with Gasteiger partial charge in [0.15, 0.2) is 0 Å². The van der Waals surface area contributed by atoms with Gasteiger partial charge in [-0.25, -0.2) is 14.4 Å². The van der Waals surface area contributed by atoms with Gasteiger partial charge in [-0.2, -0.15) is 13.2 Å². The SMILES string of the molecule is CCCCCCCCCCCCCCNC(=O)N[C@@H](CCN)C(=O)N[C@H](C(=O)N[C@@H](CCN)C(=O)O)C(C)C.O=C(O)C(F)(F)F. The summed E-state index contributed by atoms with van der Waals surface area (Å²) in [5.74, 6) is -5.45. The van der Waals surface area contributed by atoms with Crippen molar-refractivity contribution >= 4 is 29.8 Å². The van der Waals surface area contributed by atoms with Gasteiger partial charge in [-0.15, -0.1) is 0 Å². The summed E-state index contributed by atoms with van der Waals surface area (Å²) >= 11 is 0. The molecule has 0 aromatic heterocycles. The van der Waals surface area contributed by atoms with Crippen molar-refractivity contribution in [3.63, 3.8) is 0 Å². The zero-order valence-corrected chi connectivity index (χ0v) is 27.6. The quantitative estimate of drug-likeness (QED) is 0.0703. The Bertz CT molecular complexity index is 878. The topological polar surface area (TPSA) is 226 Å². The minimum Gasteiger partial charge on any atom is -0.480 e. The number of hydrogen-bond acceptors (Lipinski definition) is 7. The third kappa shape index (κ3) is 24.1. The normalized spacial score (nSPS) is 13.1. The van der Waals surface area contributed by atoms with Gasteiger partial charge >= 0.3 is 24.1 Å². The van der Waals surface area contributed by atoms with E-state index in [4.69, 9.17) is 21.4 Å². The number of carbonyl (C=O) groups excluding carboxylic acids is 3. The van der Waals surface area contributed by atoms with E-state index in [0.717, 1.165) is 19.3 Å². The summed E-state index contributed by atoms with van der Waals surface area (Å²) in [7, 11) is 0. The van der Waals surface area contributed by atoms with Gasteiger partial charge in [0.05, 0.1) is 0 Å². The molecule has 0 rings (SSSR count). The van der Waals surface area contributed by atoms with E-state index in [9.17, 15) is 37.5 Å². The molecular weight excluding hydrogens is 613 g/mol. The predicted molar refractivity (Wildman–Crippen MR) is 169 cm³/mol. The monoisotopic (exact) mass is 670 g/mol. The smallest absolute Gasteiger partial charge is 0.480 e. The standard InChI is InChI=1S/C28H56N6O5.C2HF3O2/c1-4-5-6-7-8-9-10-11-12-13-14-15-20-31-28(39)33-22(16-18-29)25(35)34-24(21(2)3)26(36)32-23(17-19-30)27(37)38;3-2(4,5)1(6)7/h21-24H,4-20,29-30H2,1-3H3,(H,32,36)(H,34,35)(H,37,38)(H2,31,33,39);(H,6,7)/t22-,23-,24-;/m0./s1. The molecule has 46 heavy (non-hydrogen) atoms. The third-order valence-corrected chi connectivity index (χ3v) is 6.95. The van der Waals surface area contributed by atoms with Crippen molar-refractivity contribution in [3.8, 4) is 0 Å². The van der Waals surface area contributed by atoms with E-state index in [1.165, 1.54) is 57.8 Å². The minimum absolute atomic E-state index is 0.0660. The van der Waals surface area contributed by atoms with Crippen LogP contribution in [0.5, 0.6) is 0 Å². The van der Waals surface area contributed by atoms with E-state index >= 15 is 0 Å². The van der Waals surface area contributed by atoms with E-state index < -0.39 is 54.1 Å². The summed E-state index contributed by atoms with van der Waals surface area (Å²) in [4.78, 5) is 58.2. The van der Waals surface area contributed by atoms with E-state index in [1.54, 1.807) is 13.8 Å². The minimum atomic E-state index is -5.08. The third-order valence-electron chi connectivity index (χ3n) is 6.95. The Kier molecular flexibility index (Phi) is 26.4. The largest absolute Gasteiger partial charge is 0.490 e. The highest BCUT2D eigenvalue weighted by molar-refractivity contribution is 5.93. The van der Waals surface area contributed by atoms with Crippen LogP contribution >= 0.6 is 0 Å². The van der Waals surface area contributed by atoms with Crippen molar-refractivity contribution in [2.45, 2.75) is 135 Å². The van der Waals surface area contributed by atoms with Gasteiger partial charge in [-0.1, -0.05) is 91.4 Å². The molecule has 0 unspecified atom stereocenters. The first-order valence-corrected chi connectivity index (χ1v) is 16.2. The van der Waals surface area contributed by atoms with Crippen LogP contribution in [0.25, 0.3) is 0 Å². The molecule has 0 bridgehead atoms. The fourth-order valence-corrected chi connectivity index (χ4v) is 4.29. The molecule has 0 heterocycles. The molecule has 16 heteroatoms. The Morgan fingerprint density at radius 2 is 1.11 bits per heavy atom. The number of aliphatic carboxylic acids is 2. The summed E-state index contributed by atoms with van der Waals surface area (Å²) in [6.45, 7) is 6.46. The fourth-order valence-electron chi connectivity index (χ4n) is 4.29. The molecule has 0 saturated carbocycles. The van der Waals surface area contributed by atoms with E-state index in [0.29, 0.717) is 6.54 Å². The first-order chi connectivity index (χ1) is 21.6. The molecule has 4 amide bonds. The number of urea groups is 1. The number of nitrogens with one attached hydrogen (secondary N) is 4. The number of hydrogen-bond donors (Lipinski definition) is 8. The average Bonchev–Trinajstić information content (AvgIpc) is 2.97. The van der Waals surface area contributed by atoms with Gasteiger partial charge in [0, 0.05) is 6.54 Å². The molecule has 0 radical (unpaired) electrons. The van der Waals surface area contributed by atoms with Crippen molar-refractivity contribution in [1.82, 2.24) is 21.3 Å². The molecule has 0 aliphatic rings. The number of carboxylic acids is 2. The summed E-state index contributed by atoms with van der Waals surface area (Å²) in [5, 5.41) is 26.9. The summed E-state index contributed by atoms with van der Waals surface area (Å²) in [6.07, 6.45) is 9.99. The first kappa shape index (κ1) is 45.0. The van der Waals surface area contributed by atoms with Crippen LogP contribution in [-0.4, -0.2) is 83.9 Å². The lowest BCUT2D eigenvalue weighted by molar-refractivity contribution is -0.192. The lowest BCUT2D eigenvalue weighted by Gasteiger charge is -2.26. The number of halogens is 3. The summed E-state index contributed by atoms with van der Waals surface area (Å²) < 4.78 is 31.7. The van der Waals surface area contributed by atoms with Crippen LogP contribution < -0.4 is 32.7 Å². The van der Waals surface area contributed by atoms with Crippen LogP contribution in [0.1, 0.15) is 111 Å². The van der Waals surface area contributed by atoms with Crippen LogP contribution in [0.4, 0.5) is 18.0 Å². The maximum absolute atomic E-state index is 12.9. The van der Waals surface area contributed by atoms with Crippen molar-refractivity contribution in [2.75, 3.05) is 19.6 Å². The average molecular weight is 671 g/mol. The number of amides is 4. The Morgan fingerprint density at radius 1 is 0.674 bits per heavy atom. The fraction of sp³-hybridized carbons (Fsp3) is 0.833.